The Labute approximate surface area is 189 Å². The molecular formula is C19H23F3N4O6S. The van der Waals surface area contributed by atoms with Gasteiger partial charge in [0.25, 0.3) is 11.5 Å². The highest BCUT2D eigenvalue weighted by atomic mass is 32.1. The lowest BCUT2D eigenvalue weighted by atomic mass is 10.2. The van der Waals surface area contributed by atoms with Crippen LogP contribution in [0.15, 0.2) is 21.9 Å². The number of thiophene rings is 1. The molecule has 0 unspecified atom stereocenters. The number of alkyl halides is 3. The molecule has 0 saturated heterocycles. The lowest BCUT2D eigenvalue weighted by Crippen LogP contribution is -2.44. The van der Waals surface area contributed by atoms with E-state index < -0.39 is 42.4 Å². The number of hydrogen-bond acceptors (Lipinski definition) is 6. The predicted octanol–water partition coefficient (Wildman–Crippen LogP) is 2.57. The fourth-order valence-electron chi connectivity index (χ4n) is 3.03. The zero-order valence-electron chi connectivity index (χ0n) is 18.1. The van der Waals surface area contributed by atoms with Crippen LogP contribution in [0.25, 0.3) is 10.2 Å². The Morgan fingerprint density at radius 2 is 1.91 bits per heavy atom. The Kier molecular flexibility index (Phi) is 8.30. The Balaban J connectivity index is 2.61. The number of rotatable bonds is 8. The summed E-state index contributed by atoms with van der Waals surface area (Å²) in [5.74, 6) is -0.775. The second-order valence-electron chi connectivity index (χ2n) is 6.78. The number of ether oxygens (including phenoxy) is 1. The van der Waals surface area contributed by atoms with Gasteiger partial charge in [-0.1, -0.05) is 0 Å². The van der Waals surface area contributed by atoms with E-state index in [2.05, 4.69) is 0 Å². The summed E-state index contributed by atoms with van der Waals surface area (Å²) in [5, 5.41) is 9.86. The Morgan fingerprint density at radius 3 is 2.45 bits per heavy atom. The smallest absolute Gasteiger partial charge is 0.423 e. The van der Waals surface area contributed by atoms with Crippen LogP contribution in [0.3, 0.4) is 0 Å². The van der Waals surface area contributed by atoms with E-state index in [9.17, 15) is 32.3 Å². The quantitative estimate of drug-likeness (QED) is 0.332. The third kappa shape index (κ3) is 6.15. The molecule has 33 heavy (non-hydrogen) atoms. The summed E-state index contributed by atoms with van der Waals surface area (Å²) >= 11 is 0.850. The average Bonchev–Trinajstić information content (AvgIpc) is 3.02. The summed E-state index contributed by atoms with van der Waals surface area (Å²) in [6.45, 7) is 3.95. The molecule has 2 aromatic heterocycles. The maximum absolute atomic E-state index is 12.9. The summed E-state index contributed by atoms with van der Waals surface area (Å²) < 4.78 is 45.1. The molecule has 0 spiro atoms. The molecule has 0 aliphatic heterocycles. The number of carboxylic acid groups (broad SMARTS) is 1. The van der Waals surface area contributed by atoms with Crippen LogP contribution in [0.4, 0.5) is 18.0 Å². The van der Waals surface area contributed by atoms with Gasteiger partial charge < -0.3 is 9.84 Å². The summed E-state index contributed by atoms with van der Waals surface area (Å²) in [6.07, 6.45) is -5.24. The molecule has 0 fully saturated rings. The first-order valence-corrected chi connectivity index (χ1v) is 10.6. The largest absolute Gasteiger partial charge is 0.501 e. The molecule has 0 bridgehead atoms. The van der Waals surface area contributed by atoms with E-state index in [1.54, 1.807) is 6.92 Å². The van der Waals surface area contributed by atoms with Crippen LogP contribution < -0.4 is 16.7 Å². The summed E-state index contributed by atoms with van der Waals surface area (Å²) in [6, 6.07) is 0. The molecule has 14 heteroatoms. The number of hydrazine groups is 1. The van der Waals surface area contributed by atoms with Crippen molar-refractivity contribution in [2.24, 2.45) is 0 Å². The summed E-state index contributed by atoms with van der Waals surface area (Å²) in [7, 11) is 0. The van der Waals surface area contributed by atoms with Crippen molar-refractivity contribution in [3.05, 3.63) is 43.6 Å². The van der Waals surface area contributed by atoms with Crippen molar-refractivity contribution >= 4 is 33.6 Å². The number of fused-ring (bicyclic) bond motifs is 1. The number of carbonyl (C=O) groups is 2. The second-order valence-corrected chi connectivity index (χ2v) is 7.86. The maximum atomic E-state index is 12.9. The van der Waals surface area contributed by atoms with Gasteiger partial charge in [0.2, 0.25) is 0 Å². The number of nitrogens with zero attached hydrogens (tertiary/aromatic N) is 3. The summed E-state index contributed by atoms with van der Waals surface area (Å²) in [5.41, 5.74) is 0.732. The highest BCUT2D eigenvalue weighted by molar-refractivity contribution is 7.18. The number of hydrogen-bond donors (Lipinski definition) is 2. The van der Waals surface area contributed by atoms with E-state index in [-0.39, 0.29) is 29.9 Å². The van der Waals surface area contributed by atoms with Crippen molar-refractivity contribution in [1.82, 2.24) is 19.6 Å². The van der Waals surface area contributed by atoms with Gasteiger partial charge >= 0.3 is 18.0 Å². The van der Waals surface area contributed by atoms with Crippen molar-refractivity contribution in [3.63, 3.8) is 0 Å². The normalized spacial score (nSPS) is 11.8. The lowest BCUT2D eigenvalue weighted by molar-refractivity contribution is -0.136. The first-order valence-electron chi connectivity index (χ1n) is 9.82. The molecule has 10 nitrogen and oxygen atoms in total. The molecule has 2 amide bonds. The van der Waals surface area contributed by atoms with Crippen molar-refractivity contribution in [2.45, 2.75) is 53.0 Å². The van der Waals surface area contributed by atoms with Gasteiger partial charge in [-0.15, -0.1) is 11.3 Å². The van der Waals surface area contributed by atoms with Crippen LogP contribution in [0.1, 0.15) is 30.7 Å². The standard InChI is InChI=1S/C19H23F3N4O6S/c1-4-24-15(28)14-11(3)12(10-26(23-17(29)30)13(27)6-9-32-5-2)33-16(14)25(18(24)31)8-7-19(20,21)22/h6,9,23H,4-5,7-8,10H2,1-3H3,(H,29,30). The molecule has 2 heterocycles. The van der Waals surface area contributed by atoms with E-state index in [1.807, 2.05) is 5.43 Å². The Bertz CT molecular complexity index is 1180. The average molecular weight is 492 g/mol. The summed E-state index contributed by atoms with van der Waals surface area (Å²) in [4.78, 5) is 49.4. The number of carbonyl (C=O) groups excluding carboxylic acids is 1. The van der Waals surface area contributed by atoms with Gasteiger partial charge in [0.15, 0.2) is 0 Å². The number of aryl methyl sites for hydroxylation is 2. The minimum Gasteiger partial charge on any atom is -0.501 e. The van der Waals surface area contributed by atoms with Crippen LogP contribution in [0.2, 0.25) is 0 Å². The van der Waals surface area contributed by atoms with Gasteiger partial charge in [-0.3, -0.25) is 18.7 Å². The van der Waals surface area contributed by atoms with Gasteiger partial charge in [0.1, 0.15) is 4.83 Å². The number of nitrogens with one attached hydrogen (secondary N) is 1. The Morgan fingerprint density at radius 1 is 1.24 bits per heavy atom. The number of halogens is 3. The predicted molar refractivity (Wildman–Crippen MR) is 114 cm³/mol. The molecule has 0 aromatic carbocycles. The molecule has 0 atom stereocenters. The van der Waals surface area contributed by atoms with Crippen LogP contribution in [-0.4, -0.2) is 44.0 Å². The Hall–Kier alpha value is -3.29. The first kappa shape index (κ1) is 26.0. The minimum atomic E-state index is -4.52. The third-order valence-corrected chi connectivity index (χ3v) is 5.90. The first-order chi connectivity index (χ1) is 15.4. The van der Waals surface area contributed by atoms with Crippen molar-refractivity contribution < 1.29 is 32.6 Å². The van der Waals surface area contributed by atoms with Crippen molar-refractivity contribution in [3.8, 4) is 0 Å². The maximum Gasteiger partial charge on any atom is 0.423 e. The van der Waals surface area contributed by atoms with Crippen LogP contribution in [0.5, 0.6) is 0 Å². The lowest BCUT2D eigenvalue weighted by Gasteiger charge is -2.19. The molecule has 0 saturated carbocycles. The van der Waals surface area contributed by atoms with Gasteiger partial charge in [-0.25, -0.2) is 20.0 Å². The monoisotopic (exact) mass is 492 g/mol. The molecule has 0 radical (unpaired) electrons. The number of aromatic nitrogens is 2. The molecule has 182 valence electrons. The fourth-order valence-corrected chi connectivity index (χ4v) is 4.33. The van der Waals surface area contributed by atoms with Gasteiger partial charge in [-0.2, -0.15) is 13.2 Å². The van der Waals surface area contributed by atoms with E-state index >= 15 is 0 Å². The molecular weight excluding hydrogens is 469 g/mol. The molecule has 0 aliphatic carbocycles. The van der Waals surface area contributed by atoms with Gasteiger partial charge in [0, 0.05) is 24.0 Å². The van der Waals surface area contributed by atoms with E-state index in [0.29, 0.717) is 10.4 Å². The topological polar surface area (TPSA) is 123 Å². The van der Waals surface area contributed by atoms with Crippen molar-refractivity contribution in [2.75, 3.05) is 6.61 Å². The zero-order valence-corrected chi connectivity index (χ0v) is 18.9. The van der Waals surface area contributed by atoms with Crippen LogP contribution >= 0.6 is 11.3 Å². The SMILES string of the molecule is CCOC=CC(=O)N(Cc1sc2c(c1C)c(=O)n(CC)c(=O)n2CCC(F)(F)F)NC(=O)O. The van der Waals surface area contributed by atoms with E-state index in [1.165, 1.54) is 13.8 Å². The zero-order chi connectivity index (χ0) is 24.9. The molecule has 0 aliphatic rings. The van der Waals surface area contributed by atoms with Crippen LogP contribution in [0, 0.1) is 6.92 Å². The van der Waals surface area contributed by atoms with E-state index in [4.69, 9.17) is 9.84 Å². The molecule has 2 rings (SSSR count). The van der Waals surface area contributed by atoms with E-state index in [0.717, 1.165) is 37.8 Å². The second kappa shape index (κ2) is 10.6. The highest BCUT2D eigenvalue weighted by Crippen LogP contribution is 2.30. The highest BCUT2D eigenvalue weighted by Gasteiger charge is 2.29. The van der Waals surface area contributed by atoms with Gasteiger partial charge in [-0.05, 0) is 26.3 Å². The fraction of sp³-hybridized carbons (Fsp3) is 0.474. The number of amides is 2. The molecule has 2 N–H and O–H groups in total. The third-order valence-electron chi connectivity index (χ3n) is 4.60. The van der Waals surface area contributed by atoms with Crippen LogP contribution in [-0.2, 0) is 29.2 Å². The minimum absolute atomic E-state index is 0.0269. The van der Waals surface area contributed by atoms with Gasteiger partial charge in [0.05, 0.1) is 31.2 Å². The van der Waals surface area contributed by atoms with Crippen molar-refractivity contribution in [1.29, 1.82) is 0 Å². The molecule has 2 aromatic rings.